The maximum absolute atomic E-state index is 2.47. The number of nitrogens with zero attached hydrogens (tertiary/aromatic N) is 2. The third-order valence-corrected chi connectivity index (χ3v) is 8.15. The van der Waals surface area contributed by atoms with Gasteiger partial charge in [-0.1, -0.05) is 136 Å². The van der Waals surface area contributed by atoms with Gasteiger partial charge in [0.25, 0.3) is 0 Å². The minimum atomic E-state index is 0.0992. The third kappa shape index (κ3) is 4.46. The zero-order chi connectivity index (χ0) is 28.7. The van der Waals surface area contributed by atoms with Gasteiger partial charge in [-0.3, -0.25) is 0 Å². The topological polar surface area (TPSA) is 6.48 Å². The second kappa shape index (κ2) is 10.4. The monoisotopic (exact) mass is 542 g/mol. The summed E-state index contributed by atoms with van der Waals surface area (Å²) in [5.74, 6) is 0. The second-order valence-electron chi connectivity index (χ2n) is 11.9. The van der Waals surface area contributed by atoms with Crippen LogP contribution >= 0.6 is 0 Å². The lowest BCUT2D eigenvalue weighted by Crippen LogP contribution is -2.24. The van der Waals surface area contributed by atoms with Gasteiger partial charge in [0.05, 0.1) is 28.4 Å². The van der Waals surface area contributed by atoms with Crippen molar-refractivity contribution in [1.29, 1.82) is 0 Å². The first-order valence-electron chi connectivity index (χ1n) is 14.6. The van der Waals surface area contributed by atoms with Gasteiger partial charge < -0.3 is 9.80 Å². The molecule has 42 heavy (non-hydrogen) atoms. The molecule has 0 unspecified atom stereocenters. The Kier molecular flexibility index (Phi) is 6.40. The van der Waals surface area contributed by atoms with Gasteiger partial charge in [0.2, 0.25) is 0 Å². The summed E-state index contributed by atoms with van der Waals surface area (Å²) in [4.78, 5) is 4.87. The Bertz CT molecular complexity index is 1740. The summed E-state index contributed by atoms with van der Waals surface area (Å²) in [5.41, 5.74) is 13.2. The standard InChI is InChI=1S/C40H34N2/c1-40(2,3)31-25-27-32(28-26-31)41-35-21-10-12-23-37(35)42(38-24-13-11-22-36(38)41)39-33(29-15-6-4-7-16-29)19-14-20-34(39)30-17-8-5-9-18-30/h4-28H,1-3H3. The lowest BCUT2D eigenvalue weighted by Gasteiger charge is -2.41. The lowest BCUT2D eigenvalue weighted by molar-refractivity contribution is 0.590. The largest absolute Gasteiger partial charge is 0.306 e. The van der Waals surface area contributed by atoms with Crippen molar-refractivity contribution in [2.24, 2.45) is 0 Å². The van der Waals surface area contributed by atoms with Crippen LogP contribution in [0.4, 0.5) is 34.1 Å². The molecule has 0 atom stereocenters. The van der Waals surface area contributed by atoms with Crippen molar-refractivity contribution in [3.05, 3.63) is 157 Å². The van der Waals surface area contributed by atoms with Gasteiger partial charge >= 0.3 is 0 Å². The van der Waals surface area contributed by atoms with Gasteiger partial charge in [0.1, 0.15) is 0 Å². The molecule has 7 rings (SSSR count). The Morgan fingerprint density at radius 2 is 0.786 bits per heavy atom. The highest BCUT2D eigenvalue weighted by Gasteiger charge is 2.32. The molecule has 0 spiro atoms. The number of rotatable bonds is 4. The highest BCUT2D eigenvalue weighted by molar-refractivity contribution is 6.06. The Morgan fingerprint density at radius 1 is 0.381 bits per heavy atom. The highest BCUT2D eigenvalue weighted by atomic mass is 15.3. The van der Waals surface area contributed by atoms with Crippen molar-refractivity contribution in [2.75, 3.05) is 9.80 Å². The summed E-state index contributed by atoms with van der Waals surface area (Å²) in [5, 5.41) is 0. The van der Waals surface area contributed by atoms with Crippen molar-refractivity contribution in [1.82, 2.24) is 0 Å². The number of hydrogen-bond donors (Lipinski definition) is 0. The third-order valence-electron chi connectivity index (χ3n) is 8.15. The summed E-state index contributed by atoms with van der Waals surface area (Å²) in [7, 11) is 0. The van der Waals surface area contributed by atoms with Crippen molar-refractivity contribution >= 4 is 34.1 Å². The second-order valence-corrected chi connectivity index (χ2v) is 11.9. The predicted molar refractivity (Wildman–Crippen MR) is 179 cm³/mol. The number of benzene rings is 6. The lowest BCUT2D eigenvalue weighted by atomic mass is 9.87. The minimum absolute atomic E-state index is 0.0992. The highest BCUT2D eigenvalue weighted by Crippen LogP contribution is 2.57. The fraction of sp³-hybridized carbons (Fsp3) is 0.100. The average Bonchev–Trinajstić information content (AvgIpc) is 3.04. The van der Waals surface area contributed by atoms with Crippen LogP contribution < -0.4 is 9.80 Å². The van der Waals surface area contributed by atoms with E-state index in [0.29, 0.717) is 0 Å². The van der Waals surface area contributed by atoms with Crippen molar-refractivity contribution < 1.29 is 0 Å². The van der Waals surface area contributed by atoms with E-state index >= 15 is 0 Å². The normalized spacial score (nSPS) is 12.5. The summed E-state index contributed by atoms with van der Waals surface area (Å²) >= 11 is 0. The van der Waals surface area contributed by atoms with E-state index in [1.54, 1.807) is 0 Å². The number of anilines is 6. The minimum Gasteiger partial charge on any atom is -0.306 e. The molecule has 2 heteroatoms. The molecule has 1 aliphatic heterocycles. The molecular formula is C40H34N2. The van der Waals surface area contributed by atoms with E-state index < -0.39 is 0 Å². The predicted octanol–water partition coefficient (Wildman–Crippen LogP) is 11.6. The van der Waals surface area contributed by atoms with Crippen LogP contribution in [0.15, 0.2) is 152 Å². The summed E-state index contributed by atoms with van der Waals surface area (Å²) in [6.45, 7) is 6.79. The first-order chi connectivity index (χ1) is 20.5. The van der Waals surface area contributed by atoms with Crippen molar-refractivity contribution in [3.8, 4) is 22.3 Å². The Morgan fingerprint density at radius 3 is 1.21 bits per heavy atom. The average molecular weight is 543 g/mol. The Hall–Kier alpha value is -5.08. The van der Waals surface area contributed by atoms with E-state index in [-0.39, 0.29) is 5.41 Å². The molecule has 0 aromatic heterocycles. The first kappa shape index (κ1) is 25.9. The fourth-order valence-electron chi connectivity index (χ4n) is 6.06. The van der Waals surface area contributed by atoms with E-state index in [0.717, 1.165) is 28.4 Å². The first-order valence-corrected chi connectivity index (χ1v) is 14.6. The molecule has 0 aliphatic carbocycles. The Labute approximate surface area is 249 Å². The van der Waals surface area contributed by atoms with Crippen LogP contribution in [0.3, 0.4) is 0 Å². The SMILES string of the molecule is CC(C)(C)c1ccc(N2c3ccccc3N(c3c(-c4ccccc4)cccc3-c3ccccc3)c3ccccc32)cc1. The summed E-state index contributed by atoms with van der Waals surface area (Å²) in [6.07, 6.45) is 0. The molecule has 0 amide bonds. The number of para-hydroxylation sites is 5. The molecule has 0 bridgehead atoms. The van der Waals surface area contributed by atoms with Crippen LogP contribution in [0.5, 0.6) is 0 Å². The smallest absolute Gasteiger partial charge is 0.0703 e. The molecule has 0 saturated carbocycles. The summed E-state index contributed by atoms with van der Waals surface area (Å²) < 4.78 is 0. The van der Waals surface area contributed by atoms with E-state index in [4.69, 9.17) is 0 Å². The Balaban J connectivity index is 1.50. The number of hydrogen-bond acceptors (Lipinski definition) is 2. The molecule has 2 nitrogen and oxygen atoms in total. The zero-order valence-electron chi connectivity index (χ0n) is 24.3. The van der Waals surface area contributed by atoms with E-state index in [2.05, 4.69) is 182 Å². The van der Waals surface area contributed by atoms with Crippen LogP contribution in [0.25, 0.3) is 22.3 Å². The molecular weight excluding hydrogens is 508 g/mol. The van der Waals surface area contributed by atoms with E-state index in [1.165, 1.54) is 33.5 Å². The molecule has 6 aromatic rings. The molecule has 0 radical (unpaired) electrons. The van der Waals surface area contributed by atoms with Gasteiger partial charge in [0.15, 0.2) is 0 Å². The van der Waals surface area contributed by atoms with E-state index in [1.807, 2.05) is 0 Å². The molecule has 1 aliphatic rings. The van der Waals surface area contributed by atoms with Crippen LogP contribution in [0.2, 0.25) is 0 Å². The van der Waals surface area contributed by atoms with Crippen LogP contribution in [0.1, 0.15) is 26.3 Å². The van der Waals surface area contributed by atoms with Crippen LogP contribution in [-0.2, 0) is 5.41 Å². The molecule has 1 heterocycles. The quantitative estimate of drug-likeness (QED) is 0.218. The van der Waals surface area contributed by atoms with Crippen LogP contribution in [-0.4, -0.2) is 0 Å². The van der Waals surface area contributed by atoms with Crippen molar-refractivity contribution in [3.63, 3.8) is 0 Å². The van der Waals surface area contributed by atoms with Gasteiger partial charge in [-0.05, 0) is 58.5 Å². The molecule has 6 aromatic carbocycles. The van der Waals surface area contributed by atoms with Gasteiger partial charge in [-0.2, -0.15) is 0 Å². The number of fused-ring (bicyclic) bond motifs is 2. The van der Waals surface area contributed by atoms with Gasteiger partial charge in [-0.15, -0.1) is 0 Å². The maximum Gasteiger partial charge on any atom is 0.0703 e. The fourth-order valence-corrected chi connectivity index (χ4v) is 6.06. The molecule has 204 valence electrons. The summed E-state index contributed by atoms with van der Waals surface area (Å²) in [6, 6.07) is 54.8. The maximum atomic E-state index is 2.47. The zero-order valence-corrected chi connectivity index (χ0v) is 24.3. The van der Waals surface area contributed by atoms with Crippen molar-refractivity contribution in [2.45, 2.75) is 26.2 Å². The van der Waals surface area contributed by atoms with E-state index in [9.17, 15) is 0 Å². The van der Waals surface area contributed by atoms with Gasteiger partial charge in [-0.25, -0.2) is 0 Å². The molecule has 0 N–H and O–H groups in total. The van der Waals surface area contributed by atoms with Crippen LogP contribution in [0, 0.1) is 0 Å². The molecule has 0 saturated heterocycles. The molecule has 0 fully saturated rings. The van der Waals surface area contributed by atoms with Gasteiger partial charge in [0, 0.05) is 16.8 Å².